The predicted molar refractivity (Wildman–Crippen MR) is 87.4 cm³/mol. The Hall–Kier alpha value is -2.55. The van der Waals surface area contributed by atoms with Crippen LogP contribution in [-0.2, 0) is 4.74 Å². The number of benzene rings is 1. The van der Waals surface area contributed by atoms with Crippen molar-refractivity contribution in [3.63, 3.8) is 0 Å². The van der Waals surface area contributed by atoms with Gasteiger partial charge in [0.2, 0.25) is 0 Å². The van der Waals surface area contributed by atoms with E-state index in [1.807, 2.05) is 13.0 Å². The highest BCUT2D eigenvalue weighted by atomic mass is 16.6. The van der Waals surface area contributed by atoms with E-state index in [2.05, 4.69) is 0 Å². The van der Waals surface area contributed by atoms with Gasteiger partial charge in [0.1, 0.15) is 5.60 Å². The lowest BCUT2D eigenvalue weighted by molar-refractivity contribution is -0.0760. The van der Waals surface area contributed by atoms with Crippen molar-refractivity contribution in [3.05, 3.63) is 35.4 Å². The first kappa shape index (κ1) is 16.3. The maximum absolute atomic E-state index is 12.6. The summed E-state index contributed by atoms with van der Waals surface area (Å²) < 4.78 is 5.70. The number of carbonyl (C=O) groups is 2. The molecule has 1 aromatic carbocycles. The average molecular weight is 327 g/mol. The first-order valence-electron chi connectivity index (χ1n) is 8.34. The molecule has 0 saturated carbocycles. The quantitative estimate of drug-likeness (QED) is 0.836. The molecule has 24 heavy (non-hydrogen) atoms. The lowest BCUT2D eigenvalue weighted by atomic mass is 9.86. The summed E-state index contributed by atoms with van der Waals surface area (Å²) in [5, 5.41) is 8.82. The molecule has 0 aliphatic carbocycles. The Bertz CT molecular complexity index is 670. The van der Waals surface area contributed by atoms with E-state index in [0.29, 0.717) is 43.6 Å². The van der Waals surface area contributed by atoms with E-state index in [1.165, 1.54) is 0 Å². The van der Waals surface area contributed by atoms with Gasteiger partial charge >= 0.3 is 6.09 Å². The molecule has 126 valence electrons. The molecule has 0 atom stereocenters. The zero-order valence-electron chi connectivity index (χ0n) is 13.8. The van der Waals surface area contributed by atoms with Crippen molar-refractivity contribution in [2.75, 3.05) is 26.2 Å². The number of piperidine rings is 1. The van der Waals surface area contributed by atoms with Crippen LogP contribution >= 0.6 is 0 Å². The molecule has 0 unspecified atom stereocenters. The van der Waals surface area contributed by atoms with Crippen LogP contribution in [0, 0.1) is 11.3 Å². The second-order valence-corrected chi connectivity index (χ2v) is 6.36. The van der Waals surface area contributed by atoms with Gasteiger partial charge in [0.15, 0.2) is 0 Å². The maximum Gasteiger partial charge on any atom is 0.410 e. The van der Waals surface area contributed by atoms with Crippen molar-refractivity contribution in [3.8, 4) is 6.07 Å². The van der Waals surface area contributed by atoms with Gasteiger partial charge in [-0.3, -0.25) is 4.79 Å². The molecule has 2 heterocycles. The van der Waals surface area contributed by atoms with E-state index >= 15 is 0 Å². The van der Waals surface area contributed by atoms with Crippen molar-refractivity contribution in [2.45, 2.75) is 31.8 Å². The third-order valence-corrected chi connectivity index (χ3v) is 5.00. The van der Waals surface area contributed by atoms with E-state index in [0.717, 1.165) is 13.0 Å². The van der Waals surface area contributed by atoms with Crippen LogP contribution in [-0.4, -0.2) is 53.6 Å². The van der Waals surface area contributed by atoms with Crippen LogP contribution in [0.15, 0.2) is 24.3 Å². The molecular formula is C18H21N3O3. The molecule has 0 aromatic heterocycles. The Morgan fingerprint density at radius 3 is 2.38 bits per heavy atom. The van der Waals surface area contributed by atoms with E-state index in [-0.39, 0.29) is 12.0 Å². The zero-order chi connectivity index (χ0) is 17.2. The number of rotatable bonds is 2. The molecule has 0 radical (unpaired) electrons. The summed E-state index contributed by atoms with van der Waals surface area (Å²) in [5.41, 5.74) is 0.714. The van der Waals surface area contributed by atoms with E-state index in [1.54, 1.807) is 34.1 Å². The Morgan fingerprint density at radius 2 is 1.83 bits per heavy atom. The number of nitrogens with zero attached hydrogens (tertiary/aromatic N) is 3. The first-order valence-corrected chi connectivity index (χ1v) is 8.34. The molecule has 6 nitrogen and oxygen atoms in total. The number of likely N-dealkylation sites (tertiary alicyclic amines) is 1. The first-order chi connectivity index (χ1) is 11.6. The van der Waals surface area contributed by atoms with Gasteiger partial charge in [-0.25, -0.2) is 4.79 Å². The zero-order valence-corrected chi connectivity index (χ0v) is 13.8. The lowest BCUT2D eigenvalue weighted by Gasteiger charge is -2.45. The van der Waals surface area contributed by atoms with Crippen LogP contribution in [0.2, 0.25) is 0 Å². The average Bonchev–Trinajstić information content (AvgIpc) is 2.62. The van der Waals surface area contributed by atoms with Gasteiger partial charge in [-0.05, 0) is 31.2 Å². The second kappa shape index (κ2) is 6.52. The van der Waals surface area contributed by atoms with Gasteiger partial charge in [-0.1, -0.05) is 0 Å². The summed E-state index contributed by atoms with van der Waals surface area (Å²) in [6, 6.07) is 8.73. The van der Waals surface area contributed by atoms with Crippen LogP contribution in [0.5, 0.6) is 0 Å². The van der Waals surface area contributed by atoms with E-state index in [4.69, 9.17) is 10.00 Å². The molecule has 2 aliphatic heterocycles. The van der Waals surface area contributed by atoms with Gasteiger partial charge < -0.3 is 14.5 Å². The summed E-state index contributed by atoms with van der Waals surface area (Å²) >= 11 is 0. The fraction of sp³-hybridized carbons (Fsp3) is 0.500. The van der Waals surface area contributed by atoms with Gasteiger partial charge in [-0.2, -0.15) is 5.26 Å². The fourth-order valence-corrected chi connectivity index (χ4v) is 3.36. The van der Waals surface area contributed by atoms with Gasteiger partial charge in [0.05, 0.1) is 11.6 Å². The molecule has 1 spiro atoms. The Kier molecular flexibility index (Phi) is 4.43. The van der Waals surface area contributed by atoms with Gasteiger partial charge in [0.25, 0.3) is 5.91 Å². The van der Waals surface area contributed by atoms with E-state index < -0.39 is 5.60 Å². The Balaban J connectivity index is 1.61. The van der Waals surface area contributed by atoms with Crippen molar-refractivity contribution < 1.29 is 14.3 Å². The summed E-state index contributed by atoms with van der Waals surface area (Å²) in [7, 11) is 0. The molecule has 0 bridgehead atoms. The summed E-state index contributed by atoms with van der Waals surface area (Å²) in [6.07, 6.45) is 1.94. The fourth-order valence-electron chi connectivity index (χ4n) is 3.36. The minimum absolute atomic E-state index is 0.0355. The van der Waals surface area contributed by atoms with Gasteiger partial charge in [0, 0.05) is 51.0 Å². The van der Waals surface area contributed by atoms with E-state index in [9.17, 15) is 9.59 Å². The summed E-state index contributed by atoms with van der Waals surface area (Å²) in [4.78, 5) is 28.1. The molecule has 6 heteroatoms. The van der Waals surface area contributed by atoms with Crippen LogP contribution in [0.4, 0.5) is 4.79 Å². The molecule has 2 fully saturated rings. The smallest absolute Gasteiger partial charge is 0.410 e. The monoisotopic (exact) mass is 327 g/mol. The largest absolute Gasteiger partial charge is 0.443 e. The lowest BCUT2D eigenvalue weighted by Crippen LogP contribution is -2.55. The molecule has 2 aliphatic rings. The van der Waals surface area contributed by atoms with Crippen LogP contribution in [0.25, 0.3) is 0 Å². The van der Waals surface area contributed by atoms with Crippen molar-refractivity contribution in [2.24, 2.45) is 0 Å². The topological polar surface area (TPSA) is 73.6 Å². The SMILES string of the molecule is CCN1CCC2(CCN(C(=O)c3ccc(C#N)cc3)CC2)OC1=O. The van der Waals surface area contributed by atoms with Crippen LogP contribution in [0.1, 0.15) is 42.1 Å². The standard InChI is InChI=1S/C18H21N3O3/c1-2-20-10-7-18(24-17(20)23)8-11-21(12-9-18)16(22)15-5-3-14(13-19)4-6-15/h3-6H,2,7-12H2,1H3. The Labute approximate surface area is 141 Å². The van der Waals surface area contributed by atoms with Crippen LogP contribution < -0.4 is 0 Å². The normalized spacial score (nSPS) is 19.8. The van der Waals surface area contributed by atoms with Crippen molar-refractivity contribution >= 4 is 12.0 Å². The number of carbonyl (C=O) groups excluding carboxylic acids is 2. The molecule has 0 N–H and O–H groups in total. The van der Waals surface area contributed by atoms with Crippen molar-refractivity contribution in [1.82, 2.24) is 9.80 Å². The minimum atomic E-state index is -0.413. The number of hydrogen-bond acceptors (Lipinski definition) is 4. The molecule has 2 amide bonds. The molecule has 3 rings (SSSR count). The number of ether oxygens (including phenoxy) is 1. The predicted octanol–water partition coefficient (Wildman–Crippen LogP) is 2.40. The minimum Gasteiger partial charge on any atom is -0.443 e. The highest BCUT2D eigenvalue weighted by Crippen LogP contribution is 2.34. The third-order valence-electron chi connectivity index (χ3n) is 5.00. The van der Waals surface area contributed by atoms with Gasteiger partial charge in [-0.15, -0.1) is 0 Å². The van der Waals surface area contributed by atoms with Crippen LogP contribution in [0.3, 0.4) is 0 Å². The number of nitriles is 1. The highest BCUT2D eigenvalue weighted by Gasteiger charge is 2.43. The highest BCUT2D eigenvalue weighted by molar-refractivity contribution is 5.94. The third kappa shape index (κ3) is 3.07. The molecule has 2 saturated heterocycles. The number of amides is 2. The summed E-state index contributed by atoms with van der Waals surface area (Å²) in [5.74, 6) is -0.0355. The molecule has 1 aromatic rings. The maximum atomic E-state index is 12.6. The Morgan fingerprint density at radius 1 is 1.21 bits per heavy atom. The summed E-state index contributed by atoms with van der Waals surface area (Å²) in [6.45, 7) is 4.49. The second-order valence-electron chi connectivity index (χ2n) is 6.36. The number of hydrogen-bond donors (Lipinski definition) is 0. The van der Waals surface area contributed by atoms with Crippen molar-refractivity contribution in [1.29, 1.82) is 5.26 Å². The molecular weight excluding hydrogens is 306 g/mol.